The summed E-state index contributed by atoms with van der Waals surface area (Å²) >= 11 is 4.12. The van der Waals surface area contributed by atoms with E-state index in [4.69, 9.17) is 10.8 Å². The third kappa shape index (κ3) is 2.19. The highest BCUT2D eigenvalue weighted by atomic mass is 32.1. The molecule has 10 heavy (non-hydrogen) atoms. The molecule has 3 N–H and O–H groups in total. The molecule has 0 unspecified atom stereocenters. The van der Waals surface area contributed by atoms with Gasteiger partial charge in [-0.25, -0.2) is 0 Å². The van der Waals surface area contributed by atoms with Crippen LogP contribution >= 0.6 is 12.6 Å². The standard InChI is InChI=1S/C6H13NO2S/c1-3-6(2,10)4(7)5(8)9/h4,10H,3,7H2,1-2H3,(H,8,9)/t4-,6-/m1/s1. The van der Waals surface area contributed by atoms with Crippen LogP contribution in [0.4, 0.5) is 0 Å². The van der Waals surface area contributed by atoms with Crippen molar-refractivity contribution in [3.63, 3.8) is 0 Å². The van der Waals surface area contributed by atoms with E-state index in [1.165, 1.54) is 0 Å². The first-order valence-electron chi connectivity index (χ1n) is 3.12. The van der Waals surface area contributed by atoms with Crippen molar-refractivity contribution >= 4 is 18.6 Å². The van der Waals surface area contributed by atoms with Crippen LogP contribution in [0, 0.1) is 0 Å². The Balaban J connectivity index is 4.17. The summed E-state index contributed by atoms with van der Waals surface area (Å²) < 4.78 is -0.605. The molecule has 0 aromatic heterocycles. The summed E-state index contributed by atoms with van der Waals surface area (Å²) in [5.74, 6) is -1.00. The minimum Gasteiger partial charge on any atom is -0.480 e. The molecule has 0 rings (SSSR count). The van der Waals surface area contributed by atoms with Crippen molar-refractivity contribution in [1.29, 1.82) is 0 Å². The van der Waals surface area contributed by atoms with Gasteiger partial charge in [0.25, 0.3) is 0 Å². The average Bonchev–Trinajstić information content (AvgIpc) is 1.86. The first kappa shape index (κ1) is 9.78. The normalized spacial score (nSPS) is 19.6. The minimum atomic E-state index is -1.00. The van der Waals surface area contributed by atoms with Crippen LogP contribution in [-0.2, 0) is 4.79 Å². The number of hydrogen-bond donors (Lipinski definition) is 3. The molecule has 0 spiro atoms. The molecule has 0 aliphatic carbocycles. The molecule has 0 bridgehead atoms. The van der Waals surface area contributed by atoms with Crippen LogP contribution in [0.1, 0.15) is 20.3 Å². The summed E-state index contributed by atoms with van der Waals surface area (Å²) in [6, 6.07) is -0.888. The van der Waals surface area contributed by atoms with Crippen molar-refractivity contribution < 1.29 is 9.90 Å². The van der Waals surface area contributed by atoms with E-state index in [1.54, 1.807) is 6.92 Å². The number of thiol groups is 1. The molecule has 0 heterocycles. The monoisotopic (exact) mass is 163 g/mol. The van der Waals surface area contributed by atoms with Gasteiger partial charge in [-0.2, -0.15) is 12.6 Å². The van der Waals surface area contributed by atoms with E-state index in [2.05, 4.69) is 12.6 Å². The van der Waals surface area contributed by atoms with Gasteiger partial charge in [0, 0.05) is 4.75 Å². The van der Waals surface area contributed by atoms with E-state index >= 15 is 0 Å². The van der Waals surface area contributed by atoms with Gasteiger partial charge in [-0.15, -0.1) is 0 Å². The van der Waals surface area contributed by atoms with Gasteiger partial charge in [0.1, 0.15) is 6.04 Å². The zero-order chi connectivity index (χ0) is 8.36. The Labute approximate surface area is 66.0 Å². The van der Waals surface area contributed by atoms with E-state index in [-0.39, 0.29) is 0 Å². The third-order valence-electron chi connectivity index (χ3n) is 1.65. The van der Waals surface area contributed by atoms with Crippen molar-refractivity contribution in [3.05, 3.63) is 0 Å². The quantitative estimate of drug-likeness (QED) is 0.531. The number of nitrogens with two attached hydrogens (primary N) is 1. The maximum absolute atomic E-state index is 10.3. The van der Waals surface area contributed by atoms with Gasteiger partial charge in [0.15, 0.2) is 0 Å². The third-order valence-corrected chi connectivity index (χ3v) is 2.25. The highest BCUT2D eigenvalue weighted by Gasteiger charge is 2.30. The van der Waals surface area contributed by atoms with Gasteiger partial charge in [-0.1, -0.05) is 6.92 Å². The SMILES string of the molecule is CC[C@@](C)(S)[C@H](N)C(=O)O. The van der Waals surface area contributed by atoms with E-state index in [0.29, 0.717) is 6.42 Å². The van der Waals surface area contributed by atoms with E-state index in [1.807, 2.05) is 6.92 Å². The van der Waals surface area contributed by atoms with Crippen LogP contribution in [0.3, 0.4) is 0 Å². The van der Waals surface area contributed by atoms with Crippen molar-refractivity contribution in [1.82, 2.24) is 0 Å². The lowest BCUT2D eigenvalue weighted by molar-refractivity contribution is -0.139. The number of carbonyl (C=O) groups is 1. The van der Waals surface area contributed by atoms with Crippen LogP contribution in [0.15, 0.2) is 0 Å². The predicted molar refractivity (Wildman–Crippen MR) is 43.3 cm³/mol. The molecular formula is C6H13NO2S. The van der Waals surface area contributed by atoms with Crippen LogP contribution in [0.2, 0.25) is 0 Å². The van der Waals surface area contributed by atoms with Gasteiger partial charge in [-0.05, 0) is 13.3 Å². The van der Waals surface area contributed by atoms with Crippen LogP contribution in [-0.4, -0.2) is 21.9 Å². The molecule has 4 heteroatoms. The number of rotatable bonds is 3. The Kier molecular flexibility index (Phi) is 3.18. The summed E-state index contributed by atoms with van der Waals surface area (Å²) in [6.45, 7) is 3.57. The van der Waals surface area contributed by atoms with Crippen LogP contribution < -0.4 is 5.73 Å². The second-order valence-electron chi connectivity index (χ2n) is 2.53. The highest BCUT2D eigenvalue weighted by molar-refractivity contribution is 7.81. The molecule has 0 aromatic rings. The molecule has 0 aliphatic heterocycles. The Morgan fingerprint density at radius 1 is 1.90 bits per heavy atom. The first-order chi connectivity index (χ1) is 4.41. The zero-order valence-electron chi connectivity index (χ0n) is 6.16. The molecule has 0 amide bonds. The summed E-state index contributed by atoms with van der Waals surface area (Å²) in [6.07, 6.45) is 0.642. The van der Waals surface area contributed by atoms with Crippen molar-refractivity contribution in [2.45, 2.75) is 31.1 Å². The molecule has 0 saturated carbocycles. The Morgan fingerprint density at radius 3 is 2.40 bits per heavy atom. The lowest BCUT2D eigenvalue weighted by Gasteiger charge is -2.25. The number of carboxylic acid groups (broad SMARTS) is 1. The van der Waals surface area contributed by atoms with Crippen LogP contribution in [0.5, 0.6) is 0 Å². The lowest BCUT2D eigenvalue weighted by Crippen LogP contribution is -2.46. The topological polar surface area (TPSA) is 63.3 Å². The fourth-order valence-corrected chi connectivity index (χ4v) is 0.596. The highest BCUT2D eigenvalue weighted by Crippen LogP contribution is 2.21. The molecule has 3 nitrogen and oxygen atoms in total. The number of carboxylic acids is 1. The second-order valence-corrected chi connectivity index (χ2v) is 3.55. The van der Waals surface area contributed by atoms with Crippen molar-refractivity contribution in [3.8, 4) is 0 Å². The molecule has 60 valence electrons. The maximum atomic E-state index is 10.3. The maximum Gasteiger partial charge on any atom is 0.321 e. The second kappa shape index (κ2) is 3.25. The van der Waals surface area contributed by atoms with Crippen molar-refractivity contribution in [2.75, 3.05) is 0 Å². The van der Waals surface area contributed by atoms with Gasteiger partial charge in [-0.3, -0.25) is 4.79 Å². The van der Waals surface area contributed by atoms with Gasteiger partial charge in [0.2, 0.25) is 0 Å². The lowest BCUT2D eigenvalue weighted by atomic mass is 9.99. The molecular weight excluding hydrogens is 150 g/mol. The fourth-order valence-electron chi connectivity index (χ4n) is 0.486. The van der Waals surface area contributed by atoms with E-state index < -0.39 is 16.8 Å². The van der Waals surface area contributed by atoms with E-state index in [9.17, 15) is 4.79 Å². The Hall–Kier alpha value is -0.220. The molecule has 0 fully saturated rings. The largest absolute Gasteiger partial charge is 0.480 e. The summed E-state index contributed by atoms with van der Waals surface area (Å²) in [7, 11) is 0. The van der Waals surface area contributed by atoms with E-state index in [0.717, 1.165) is 0 Å². The average molecular weight is 163 g/mol. The Bertz CT molecular complexity index is 136. The number of hydrogen-bond acceptors (Lipinski definition) is 3. The minimum absolute atomic E-state index is 0.605. The molecule has 0 radical (unpaired) electrons. The van der Waals surface area contributed by atoms with Gasteiger partial charge >= 0.3 is 5.97 Å². The summed E-state index contributed by atoms with van der Waals surface area (Å²) in [5.41, 5.74) is 5.33. The molecule has 0 aliphatic rings. The molecule has 2 atom stereocenters. The predicted octanol–water partition coefficient (Wildman–Crippen LogP) is 0.497. The summed E-state index contributed by atoms with van der Waals surface area (Å²) in [5, 5.41) is 8.47. The van der Waals surface area contributed by atoms with Gasteiger partial charge < -0.3 is 10.8 Å². The Morgan fingerprint density at radius 2 is 2.30 bits per heavy atom. The first-order valence-corrected chi connectivity index (χ1v) is 3.57. The van der Waals surface area contributed by atoms with Crippen LogP contribution in [0.25, 0.3) is 0 Å². The fraction of sp³-hybridized carbons (Fsp3) is 0.833. The van der Waals surface area contributed by atoms with Gasteiger partial charge in [0.05, 0.1) is 0 Å². The smallest absolute Gasteiger partial charge is 0.321 e. The molecule has 0 saturated heterocycles. The van der Waals surface area contributed by atoms with Crippen molar-refractivity contribution in [2.24, 2.45) is 5.73 Å². The summed E-state index contributed by atoms with van der Waals surface area (Å²) in [4.78, 5) is 10.3. The zero-order valence-corrected chi connectivity index (χ0v) is 7.06. The molecule has 0 aromatic carbocycles. The number of aliphatic carboxylic acids is 1.